The lowest BCUT2D eigenvalue weighted by atomic mass is 10.1. The van der Waals surface area contributed by atoms with Crippen molar-refractivity contribution in [3.8, 4) is 5.75 Å². The number of rotatable bonds is 8. The Balaban J connectivity index is 1.94. The Morgan fingerprint density at radius 1 is 1.27 bits per heavy atom. The highest BCUT2D eigenvalue weighted by Crippen LogP contribution is 2.19. The van der Waals surface area contributed by atoms with Gasteiger partial charge in [0.05, 0.1) is 18.8 Å². The Morgan fingerprint density at radius 2 is 2.08 bits per heavy atom. The largest absolute Gasteiger partial charge is 0.491 e. The summed E-state index contributed by atoms with van der Waals surface area (Å²) in [6, 6.07) is 9.61. The number of nitrogens with zero attached hydrogens (tertiary/aromatic N) is 2. The molecule has 0 radical (unpaired) electrons. The molecule has 0 aliphatic carbocycles. The number of aliphatic hydroxyl groups is 1. The molecule has 142 valence electrons. The van der Waals surface area contributed by atoms with Crippen LogP contribution < -0.4 is 15.4 Å². The van der Waals surface area contributed by atoms with E-state index in [0.717, 1.165) is 23.4 Å². The average molecular weight is 358 g/mol. The molecule has 6 heteroatoms. The van der Waals surface area contributed by atoms with E-state index in [1.807, 2.05) is 75.1 Å². The Kier molecular flexibility index (Phi) is 7.53. The molecule has 1 aromatic carbocycles. The monoisotopic (exact) mass is 358 g/mol. The van der Waals surface area contributed by atoms with Crippen LogP contribution >= 0.6 is 0 Å². The number of aryl methyl sites for hydroxylation is 1. The van der Waals surface area contributed by atoms with Crippen molar-refractivity contribution in [2.75, 3.05) is 13.1 Å². The number of aliphatic imine (C=N–C) groups is 1. The Labute approximate surface area is 155 Å². The first kappa shape index (κ1) is 19.8. The van der Waals surface area contributed by atoms with Crippen molar-refractivity contribution < 1.29 is 9.84 Å². The molecule has 0 aliphatic heterocycles. The maximum Gasteiger partial charge on any atom is 0.191 e. The SMILES string of the molecule is CCNC(=NCc1ccn(C)c1)NCC(O)c1cccc(OC(C)C)c1. The minimum Gasteiger partial charge on any atom is -0.491 e. The van der Waals surface area contributed by atoms with Gasteiger partial charge in [-0.25, -0.2) is 4.99 Å². The molecule has 0 aliphatic rings. The topological polar surface area (TPSA) is 70.8 Å². The van der Waals surface area contributed by atoms with Crippen LogP contribution in [0.25, 0.3) is 0 Å². The summed E-state index contributed by atoms with van der Waals surface area (Å²) >= 11 is 0. The van der Waals surface area contributed by atoms with Crippen LogP contribution in [0.3, 0.4) is 0 Å². The molecule has 0 fully saturated rings. The van der Waals surface area contributed by atoms with E-state index in [1.54, 1.807) is 0 Å². The second-order valence-corrected chi connectivity index (χ2v) is 6.52. The van der Waals surface area contributed by atoms with Crippen LogP contribution in [-0.4, -0.2) is 34.8 Å². The minimum atomic E-state index is -0.647. The van der Waals surface area contributed by atoms with E-state index in [2.05, 4.69) is 15.6 Å². The first-order chi connectivity index (χ1) is 12.5. The van der Waals surface area contributed by atoms with Crippen LogP contribution in [0.1, 0.15) is 38.0 Å². The molecular weight excluding hydrogens is 328 g/mol. The molecular formula is C20H30N4O2. The highest BCUT2D eigenvalue weighted by molar-refractivity contribution is 5.79. The van der Waals surface area contributed by atoms with Gasteiger partial charge in [-0.05, 0) is 50.1 Å². The number of hydrogen-bond acceptors (Lipinski definition) is 3. The van der Waals surface area contributed by atoms with E-state index in [1.165, 1.54) is 0 Å². The Hall–Kier alpha value is -2.47. The van der Waals surface area contributed by atoms with E-state index < -0.39 is 6.10 Å². The van der Waals surface area contributed by atoms with Gasteiger partial charge in [-0.2, -0.15) is 0 Å². The standard InChI is InChI=1S/C20H30N4O2/c1-5-21-20(22-12-16-9-10-24(4)14-16)23-13-19(25)17-7-6-8-18(11-17)26-15(2)3/h6-11,14-15,19,25H,5,12-13H2,1-4H3,(H2,21,22,23). The van der Waals surface area contributed by atoms with Crippen LogP contribution in [0.4, 0.5) is 0 Å². The number of aliphatic hydroxyl groups excluding tert-OH is 1. The zero-order valence-electron chi connectivity index (χ0n) is 16.1. The summed E-state index contributed by atoms with van der Waals surface area (Å²) in [6.45, 7) is 7.69. The van der Waals surface area contributed by atoms with Crippen molar-refractivity contribution in [3.63, 3.8) is 0 Å². The summed E-state index contributed by atoms with van der Waals surface area (Å²) in [6.07, 6.45) is 3.50. The van der Waals surface area contributed by atoms with Gasteiger partial charge in [-0.1, -0.05) is 12.1 Å². The predicted octanol–water partition coefficient (Wildman–Crippen LogP) is 2.60. The van der Waals surface area contributed by atoms with Crippen molar-refractivity contribution in [2.24, 2.45) is 12.0 Å². The molecule has 0 saturated heterocycles. The summed E-state index contributed by atoms with van der Waals surface area (Å²) in [5, 5.41) is 16.9. The average Bonchev–Trinajstić information content (AvgIpc) is 3.02. The molecule has 1 atom stereocenters. The van der Waals surface area contributed by atoms with Crippen molar-refractivity contribution in [1.29, 1.82) is 0 Å². The normalized spacial score (nSPS) is 12.9. The van der Waals surface area contributed by atoms with E-state index in [-0.39, 0.29) is 6.10 Å². The van der Waals surface area contributed by atoms with Crippen molar-refractivity contribution in [3.05, 3.63) is 53.9 Å². The highest BCUT2D eigenvalue weighted by atomic mass is 16.5. The molecule has 0 saturated carbocycles. The predicted molar refractivity (Wildman–Crippen MR) is 105 cm³/mol. The Bertz CT molecular complexity index is 709. The number of hydrogen-bond donors (Lipinski definition) is 3. The van der Waals surface area contributed by atoms with Gasteiger partial charge < -0.3 is 25.0 Å². The molecule has 0 bridgehead atoms. The maximum atomic E-state index is 10.5. The molecule has 1 aromatic heterocycles. The highest BCUT2D eigenvalue weighted by Gasteiger charge is 2.10. The first-order valence-electron chi connectivity index (χ1n) is 9.05. The molecule has 6 nitrogen and oxygen atoms in total. The Morgan fingerprint density at radius 3 is 2.73 bits per heavy atom. The third-order valence-electron chi connectivity index (χ3n) is 3.73. The van der Waals surface area contributed by atoms with Gasteiger partial charge in [-0.15, -0.1) is 0 Å². The van der Waals surface area contributed by atoms with Gasteiger partial charge in [0.2, 0.25) is 0 Å². The van der Waals surface area contributed by atoms with Gasteiger partial charge in [-0.3, -0.25) is 0 Å². The zero-order chi connectivity index (χ0) is 18.9. The molecule has 26 heavy (non-hydrogen) atoms. The van der Waals surface area contributed by atoms with E-state index in [9.17, 15) is 5.11 Å². The number of ether oxygens (including phenoxy) is 1. The van der Waals surface area contributed by atoms with Crippen molar-refractivity contribution in [1.82, 2.24) is 15.2 Å². The fourth-order valence-corrected chi connectivity index (χ4v) is 2.55. The van der Waals surface area contributed by atoms with Gasteiger partial charge in [0.15, 0.2) is 5.96 Å². The van der Waals surface area contributed by atoms with Gasteiger partial charge >= 0.3 is 0 Å². The third kappa shape index (κ3) is 6.44. The number of benzene rings is 1. The van der Waals surface area contributed by atoms with Gasteiger partial charge in [0.25, 0.3) is 0 Å². The summed E-state index contributed by atoms with van der Waals surface area (Å²) < 4.78 is 7.69. The van der Waals surface area contributed by atoms with Crippen molar-refractivity contribution in [2.45, 2.75) is 39.5 Å². The van der Waals surface area contributed by atoms with Crippen LogP contribution in [0.2, 0.25) is 0 Å². The summed E-state index contributed by atoms with van der Waals surface area (Å²) in [5.74, 6) is 1.45. The van der Waals surface area contributed by atoms with Gasteiger partial charge in [0.1, 0.15) is 5.75 Å². The lowest BCUT2D eigenvalue weighted by Crippen LogP contribution is -2.39. The third-order valence-corrected chi connectivity index (χ3v) is 3.73. The number of guanidine groups is 1. The molecule has 0 spiro atoms. The maximum absolute atomic E-state index is 10.5. The summed E-state index contributed by atoms with van der Waals surface area (Å²) in [7, 11) is 1.99. The molecule has 3 N–H and O–H groups in total. The second kappa shape index (κ2) is 9.87. The quantitative estimate of drug-likeness (QED) is 0.501. The fraction of sp³-hybridized carbons (Fsp3) is 0.450. The summed E-state index contributed by atoms with van der Waals surface area (Å²) in [4.78, 5) is 4.56. The second-order valence-electron chi connectivity index (χ2n) is 6.52. The van der Waals surface area contributed by atoms with Crippen LogP contribution in [-0.2, 0) is 13.6 Å². The van der Waals surface area contributed by atoms with Crippen LogP contribution in [0.5, 0.6) is 5.75 Å². The van der Waals surface area contributed by atoms with Crippen LogP contribution in [0.15, 0.2) is 47.7 Å². The number of nitrogens with one attached hydrogen (secondary N) is 2. The van der Waals surface area contributed by atoms with Crippen molar-refractivity contribution >= 4 is 5.96 Å². The van der Waals surface area contributed by atoms with Crippen LogP contribution in [0, 0.1) is 0 Å². The lowest BCUT2D eigenvalue weighted by Gasteiger charge is -2.17. The van der Waals surface area contributed by atoms with Gasteiger partial charge in [0, 0.05) is 32.5 Å². The number of aromatic nitrogens is 1. The van der Waals surface area contributed by atoms with E-state index in [4.69, 9.17) is 4.74 Å². The smallest absolute Gasteiger partial charge is 0.191 e. The fourth-order valence-electron chi connectivity index (χ4n) is 2.55. The van der Waals surface area contributed by atoms with E-state index in [0.29, 0.717) is 19.0 Å². The molecule has 0 amide bonds. The molecule has 1 unspecified atom stereocenters. The molecule has 1 heterocycles. The van der Waals surface area contributed by atoms with E-state index >= 15 is 0 Å². The first-order valence-corrected chi connectivity index (χ1v) is 9.05. The summed E-state index contributed by atoms with van der Waals surface area (Å²) in [5.41, 5.74) is 1.96. The molecule has 2 aromatic rings. The lowest BCUT2D eigenvalue weighted by molar-refractivity contribution is 0.179. The zero-order valence-corrected chi connectivity index (χ0v) is 16.1. The molecule has 2 rings (SSSR count). The minimum absolute atomic E-state index is 0.103.